The fraction of sp³-hybridized carbons (Fsp3) is 0. The first-order chi connectivity index (χ1) is 7.16. The largest absolute Gasteiger partial charge is 0.505 e. The van der Waals surface area contributed by atoms with Gasteiger partial charge in [-0.25, -0.2) is 4.98 Å². The summed E-state index contributed by atoms with van der Waals surface area (Å²) >= 11 is 0. The molecule has 76 valence electrons. The highest BCUT2D eigenvalue weighted by Crippen LogP contribution is 2.16. The maximum atomic E-state index is 11.2. The molecule has 5 heteroatoms. The molecule has 0 amide bonds. The lowest BCUT2D eigenvalue weighted by Crippen LogP contribution is -2.10. The minimum atomic E-state index is -0.374. The maximum absolute atomic E-state index is 11.2. The number of aliphatic hydroxyl groups is 1. The van der Waals surface area contributed by atoms with Crippen LogP contribution in [0.3, 0.4) is 0 Å². The van der Waals surface area contributed by atoms with Crippen molar-refractivity contribution in [2.24, 2.45) is 0 Å². The van der Waals surface area contributed by atoms with E-state index in [1.165, 1.54) is 12.3 Å². The zero-order valence-electron chi connectivity index (χ0n) is 7.73. The fourth-order valence-corrected chi connectivity index (χ4v) is 1.14. The molecule has 0 spiro atoms. The second-order valence-electron chi connectivity index (χ2n) is 2.90. The summed E-state index contributed by atoms with van der Waals surface area (Å²) in [7, 11) is 0. The average molecular weight is 204 g/mol. The lowest BCUT2D eigenvalue weighted by Gasteiger charge is -1.99. The van der Waals surface area contributed by atoms with E-state index < -0.39 is 0 Å². The summed E-state index contributed by atoms with van der Waals surface area (Å²) in [5.41, 5.74) is -0.0180. The molecule has 0 aliphatic heterocycles. The van der Waals surface area contributed by atoms with Crippen LogP contribution in [0.25, 0.3) is 17.2 Å². The van der Waals surface area contributed by atoms with Crippen LogP contribution in [0.15, 0.2) is 40.3 Å². The molecule has 2 aromatic rings. The van der Waals surface area contributed by atoms with Crippen LogP contribution in [0.1, 0.15) is 5.82 Å². The number of rotatable bonds is 2. The molecule has 2 rings (SSSR count). The lowest BCUT2D eigenvalue weighted by atomic mass is 10.3. The van der Waals surface area contributed by atoms with Crippen molar-refractivity contribution < 1.29 is 9.52 Å². The number of H-pyrrole nitrogens is 1. The van der Waals surface area contributed by atoms with Crippen LogP contribution in [0.4, 0.5) is 0 Å². The first kappa shape index (κ1) is 9.26. The van der Waals surface area contributed by atoms with E-state index in [9.17, 15) is 4.79 Å². The molecular formula is C10H8N2O3. The van der Waals surface area contributed by atoms with Gasteiger partial charge >= 0.3 is 0 Å². The predicted octanol–water partition coefficient (Wildman–Crippen LogP) is 1.56. The van der Waals surface area contributed by atoms with E-state index in [0.717, 1.165) is 0 Å². The van der Waals surface area contributed by atoms with Crippen LogP contribution in [-0.4, -0.2) is 15.1 Å². The summed E-state index contributed by atoms with van der Waals surface area (Å²) in [5, 5.41) is 9.11. The Bertz CT molecular complexity index is 540. The van der Waals surface area contributed by atoms with Gasteiger partial charge in [0.25, 0.3) is 5.56 Å². The molecule has 0 radical (unpaired) electrons. The molecule has 0 saturated carbocycles. The number of hydrogen-bond donors (Lipinski definition) is 2. The van der Waals surface area contributed by atoms with Crippen LogP contribution in [-0.2, 0) is 0 Å². The minimum Gasteiger partial charge on any atom is -0.505 e. The second-order valence-corrected chi connectivity index (χ2v) is 2.90. The molecular weight excluding hydrogens is 196 g/mol. The topological polar surface area (TPSA) is 79.1 Å². The smallest absolute Gasteiger partial charge is 0.251 e. The van der Waals surface area contributed by atoms with Gasteiger partial charge in [-0.15, -0.1) is 0 Å². The van der Waals surface area contributed by atoms with Gasteiger partial charge in [-0.1, -0.05) is 6.58 Å². The Kier molecular flexibility index (Phi) is 2.13. The molecule has 0 aromatic carbocycles. The van der Waals surface area contributed by atoms with Gasteiger partial charge in [0.2, 0.25) is 0 Å². The van der Waals surface area contributed by atoms with Gasteiger partial charge in [0, 0.05) is 6.07 Å². The Labute approximate surface area is 84.7 Å². The van der Waals surface area contributed by atoms with E-state index >= 15 is 0 Å². The van der Waals surface area contributed by atoms with Gasteiger partial charge in [0.05, 0.1) is 6.26 Å². The summed E-state index contributed by atoms with van der Waals surface area (Å²) in [5.74, 6) is 0.206. The van der Waals surface area contributed by atoms with E-state index in [2.05, 4.69) is 16.5 Å². The van der Waals surface area contributed by atoms with Gasteiger partial charge in [-0.3, -0.25) is 4.79 Å². The van der Waals surface area contributed by atoms with Crippen molar-refractivity contribution in [1.29, 1.82) is 0 Å². The molecule has 0 bridgehead atoms. The van der Waals surface area contributed by atoms with Gasteiger partial charge in [-0.05, 0) is 12.1 Å². The Morgan fingerprint density at radius 2 is 2.40 bits per heavy atom. The summed E-state index contributed by atoms with van der Waals surface area (Å²) in [6.07, 6.45) is 1.48. The number of nitrogens with one attached hydrogen (secondary N) is 1. The highest BCUT2D eigenvalue weighted by atomic mass is 16.3. The monoisotopic (exact) mass is 204 g/mol. The minimum absolute atomic E-state index is 0.0360. The average Bonchev–Trinajstić information content (AvgIpc) is 2.69. The van der Waals surface area contributed by atoms with Gasteiger partial charge in [0.1, 0.15) is 5.69 Å². The molecule has 0 fully saturated rings. The molecule has 0 saturated heterocycles. The van der Waals surface area contributed by atoms with E-state index in [-0.39, 0.29) is 17.1 Å². The lowest BCUT2D eigenvalue weighted by molar-refractivity contribution is 0.506. The first-order valence-corrected chi connectivity index (χ1v) is 4.20. The van der Waals surface area contributed by atoms with Crippen molar-refractivity contribution >= 4 is 5.76 Å². The maximum Gasteiger partial charge on any atom is 0.251 e. The van der Waals surface area contributed by atoms with Crippen molar-refractivity contribution in [2.75, 3.05) is 0 Å². The molecule has 0 aliphatic carbocycles. The normalized spacial score (nSPS) is 10.1. The molecule has 0 unspecified atom stereocenters. The molecule has 5 nitrogen and oxygen atoms in total. The third-order valence-electron chi connectivity index (χ3n) is 1.79. The van der Waals surface area contributed by atoms with E-state index in [0.29, 0.717) is 11.5 Å². The SMILES string of the molecule is C=C(O)c1nc(-c2ccco2)cc(=O)[nH]1. The van der Waals surface area contributed by atoms with Crippen LogP contribution in [0, 0.1) is 0 Å². The summed E-state index contributed by atoms with van der Waals surface area (Å²) < 4.78 is 5.08. The molecule has 2 N–H and O–H groups in total. The van der Waals surface area contributed by atoms with Gasteiger partial charge < -0.3 is 14.5 Å². The summed E-state index contributed by atoms with van der Waals surface area (Å²) in [6.45, 7) is 3.28. The summed E-state index contributed by atoms with van der Waals surface area (Å²) in [4.78, 5) is 17.5. The van der Waals surface area contributed by atoms with E-state index in [1.807, 2.05) is 0 Å². The Hall–Kier alpha value is -2.30. The fourth-order valence-electron chi connectivity index (χ4n) is 1.14. The number of hydrogen-bond acceptors (Lipinski definition) is 4. The number of aromatic nitrogens is 2. The number of aliphatic hydroxyl groups excluding tert-OH is 1. The van der Waals surface area contributed by atoms with Crippen LogP contribution in [0.5, 0.6) is 0 Å². The Morgan fingerprint density at radius 1 is 1.60 bits per heavy atom. The van der Waals surface area contributed by atoms with Crippen molar-refractivity contribution in [3.63, 3.8) is 0 Å². The quantitative estimate of drug-likeness (QED) is 0.727. The molecule has 2 aromatic heterocycles. The predicted molar refractivity (Wildman–Crippen MR) is 54.2 cm³/mol. The molecule has 2 heterocycles. The summed E-state index contributed by atoms with van der Waals surface area (Å²) in [6, 6.07) is 4.64. The van der Waals surface area contributed by atoms with Crippen LogP contribution >= 0.6 is 0 Å². The van der Waals surface area contributed by atoms with Crippen LogP contribution < -0.4 is 5.56 Å². The van der Waals surface area contributed by atoms with Crippen molar-refractivity contribution in [3.8, 4) is 11.5 Å². The van der Waals surface area contributed by atoms with Crippen molar-refractivity contribution in [1.82, 2.24) is 9.97 Å². The van der Waals surface area contributed by atoms with E-state index in [4.69, 9.17) is 9.52 Å². The standard InChI is InChI=1S/C10H8N2O3/c1-6(13)10-11-7(5-9(14)12-10)8-3-2-4-15-8/h2-5,13H,1H2,(H,11,12,14). The molecule has 0 atom stereocenters. The number of aromatic amines is 1. The zero-order valence-corrected chi connectivity index (χ0v) is 7.73. The zero-order chi connectivity index (χ0) is 10.8. The first-order valence-electron chi connectivity index (χ1n) is 4.20. The van der Waals surface area contributed by atoms with E-state index in [1.54, 1.807) is 12.1 Å². The second kappa shape index (κ2) is 3.45. The van der Waals surface area contributed by atoms with Gasteiger partial charge in [0.15, 0.2) is 17.3 Å². The molecule has 15 heavy (non-hydrogen) atoms. The number of nitrogens with zero attached hydrogens (tertiary/aromatic N) is 1. The Morgan fingerprint density at radius 3 is 3.00 bits per heavy atom. The number of furan rings is 1. The third-order valence-corrected chi connectivity index (χ3v) is 1.79. The Balaban J connectivity index is 2.59. The highest BCUT2D eigenvalue weighted by Gasteiger charge is 2.07. The van der Waals surface area contributed by atoms with Gasteiger partial charge in [-0.2, -0.15) is 0 Å². The van der Waals surface area contributed by atoms with Crippen molar-refractivity contribution in [2.45, 2.75) is 0 Å². The third kappa shape index (κ3) is 1.80. The molecule has 0 aliphatic rings. The van der Waals surface area contributed by atoms with Crippen LogP contribution in [0.2, 0.25) is 0 Å². The highest BCUT2D eigenvalue weighted by molar-refractivity contribution is 5.55. The van der Waals surface area contributed by atoms with Crippen molar-refractivity contribution in [3.05, 3.63) is 47.2 Å².